The predicted molar refractivity (Wildman–Crippen MR) is 184 cm³/mol. The van der Waals surface area contributed by atoms with E-state index in [2.05, 4.69) is 37.0 Å². The molecule has 0 radical (unpaired) electrons. The Labute approximate surface area is 284 Å². The zero-order valence-corrected chi connectivity index (χ0v) is 28.1. The number of ether oxygens (including phenoxy) is 4. The lowest BCUT2D eigenvalue weighted by Gasteiger charge is -2.15. The van der Waals surface area contributed by atoms with Crippen molar-refractivity contribution in [1.29, 1.82) is 0 Å². The highest BCUT2D eigenvalue weighted by molar-refractivity contribution is 9.11. The van der Waals surface area contributed by atoms with E-state index in [-0.39, 0.29) is 17.3 Å². The van der Waals surface area contributed by atoms with Crippen molar-refractivity contribution in [3.8, 4) is 34.4 Å². The van der Waals surface area contributed by atoms with Crippen LogP contribution in [0.3, 0.4) is 0 Å². The van der Waals surface area contributed by atoms with Crippen molar-refractivity contribution >= 4 is 66.7 Å². The first-order valence-corrected chi connectivity index (χ1v) is 15.2. The lowest BCUT2D eigenvalue weighted by molar-refractivity contribution is -0.384. The Morgan fingerprint density at radius 3 is 2.34 bits per heavy atom. The van der Waals surface area contributed by atoms with Crippen molar-refractivity contribution in [2.24, 2.45) is 5.10 Å². The fraction of sp³-hybridized carbons (Fsp3) is 0.0909. The largest absolute Gasteiger partial charge is 0.493 e. The van der Waals surface area contributed by atoms with Gasteiger partial charge in [0, 0.05) is 33.8 Å². The summed E-state index contributed by atoms with van der Waals surface area (Å²) in [5, 5.41) is 15.9. The standard InChI is InChI=1S/C33H24Br2N4O8/c1-44-27-15-20(16-28(45-2)31(27)46-3)32-37-26-10-5-4-9-24(26)33(41)38(32)36-18-21-14-22(34)17-25(35)30(21)47-29(40)12-11-19-7-6-8-23(13-19)39(42)43/h4-18H,1-3H3/b12-11+,36-18?. The highest BCUT2D eigenvalue weighted by Crippen LogP contribution is 2.41. The number of hydrogen-bond acceptors (Lipinski definition) is 10. The molecular weight excluding hydrogens is 740 g/mol. The van der Waals surface area contributed by atoms with Crippen LogP contribution in [0.2, 0.25) is 0 Å². The molecule has 4 aromatic carbocycles. The van der Waals surface area contributed by atoms with E-state index in [1.54, 1.807) is 54.6 Å². The zero-order chi connectivity index (χ0) is 33.7. The number of nitrogens with zero attached hydrogens (tertiary/aromatic N) is 4. The summed E-state index contributed by atoms with van der Waals surface area (Å²) in [4.78, 5) is 42.0. The molecule has 0 N–H and O–H groups in total. The van der Waals surface area contributed by atoms with Gasteiger partial charge in [0.15, 0.2) is 23.1 Å². The maximum Gasteiger partial charge on any atom is 0.336 e. The molecular formula is C33H24Br2N4O8. The fourth-order valence-electron chi connectivity index (χ4n) is 4.57. The minimum Gasteiger partial charge on any atom is -0.493 e. The molecule has 14 heteroatoms. The number of halogens is 2. The minimum absolute atomic E-state index is 0.112. The Balaban J connectivity index is 1.59. The number of para-hydroxylation sites is 1. The third kappa shape index (κ3) is 7.23. The first-order valence-electron chi connectivity index (χ1n) is 13.6. The molecule has 47 heavy (non-hydrogen) atoms. The number of nitro groups is 1. The summed E-state index contributed by atoms with van der Waals surface area (Å²) in [6.07, 6.45) is 3.91. The van der Waals surface area contributed by atoms with Crippen LogP contribution in [0, 0.1) is 10.1 Å². The number of aromatic nitrogens is 2. The van der Waals surface area contributed by atoms with Crippen LogP contribution in [0.1, 0.15) is 11.1 Å². The van der Waals surface area contributed by atoms with E-state index in [0.717, 1.165) is 10.8 Å². The molecule has 0 aliphatic carbocycles. The van der Waals surface area contributed by atoms with Gasteiger partial charge < -0.3 is 18.9 Å². The number of non-ortho nitro benzene ring substituents is 1. The van der Waals surface area contributed by atoms with E-state index in [1.165, 1.54) is 51.8 Å². The number of fused-ring (bicyclic) bond motifs is 1. The number of rotatable bonds is 10. The molecule has 12 nitrogen and oxygen atoms in total. The van der Waals surface area contributed by atoms with Crippen LogP contribution in [0.25, 0.3) is 28.4 Å². The quantitative estimate of drug-likeness (QED) is 0.0366. The normalized spacial score (nSPS) is 11.3. The molecule has 0 unspecified atom stereocenters. The summed E-state index contributed by atoms with van der Waals surface area (Å²) < 4.78 is 24.3. The second-order valence-corrected chi connectivity index (χ2v) is 11.4. The lowest BCUT2D eigenvalue weighted by atomic mass is 10.1. The van der Waals surface area contributed by atoms with Crippen LogP contribution in [0.4, 0.5) is 5.69 Å². The van der Waals surface area contributed by atoms with Crippen molar-refractivity contribution in [2.45, 2.75) is 0 Å². The van der Waals surface area contributed by atoms with Crippen LogP contribution in [-0.2, 0) is 4.79 Å². The number of methoxy groups -OCH3 is 3. The molecule has 1 heterocycles. The van der Waals surface area contributed by atoms with E-state index < -0.39 is 16.5 Å². The summed E-state index contributed by atoms with van der Waals surface area (Å²) in [5.74, 6) is 0.600. The second kappa shape index (κ2) is 14.4. The van der Waals surface area contributed by atoms with E-state index >= 15 is 0 Å². The summed E-state index contributed by atoms with van der Waals surface area (Å²) in [6.45, 7) is 0. The van der Waals surface area contributed by atoms with Gasteiger partial charge in [-0.1, -0.05) is 40.2 Å². The number of nitro benzene ring substituents is 1. The van der Waals surface area contributed by atoms with Crippen molar-refractivity contribution < 1.29 is 28.7 Å². The van der Waals surface area contributed by atoms with Gasteiger partial charge in [-0.25, -0.2) is 9.78 Å². The van der Waals surface area contributed by atoms with E-state index in [0.29, 0.717) is 53.8 Å². The molecule has 0 atom stereocenters. The summed E-state index contributed by atoms with van der Waals surface area (Å²) >= 11 is 6.87. The number of carbonyl (C=O) groups is 1. The van der Waals surface area contributed by atoms with Crippen molar-refractivity contribution in [3.05, 3.63) is 119 Å². The van der Waals surface area contributed by atoms with Gasteiger partial charge in [0.25, 0.3) is 11.2 Å². The summed E-state index contributed by atoms with van der Waals surface area (Å²) in [7, 11) is 4.44. The second-order valence-electron chi connectivity index (χ2n) is 9.64. The molecule has 238 valence electrons. The average Bonchev–Trinajstić information content (AvgIpc) is 3.07. The molecule has 0 aliphatic heterocycles. The highest BCUT2D eigenvalue weighted by atomic mass is 79.9. The number of esters is 1. The molecule has 0 spiro atoms. The van der Waals surface area contributed by atoms with Gasteiger partial charge in [-0.2, -0.15) is 9.78 Å². The predicted octanol–water partition coefficient (Wildman–Crippen LogP) is 7.02. The van der Waals surface area contributed by atoms with Gasteiger partial charge in [0.2, 0.25) is 5.75 Å². The molecule has 0 fully saturated rings. The Morgan fingerprint density at radius 1 is 0.936 bits per heavy atom. The minimum atomic E-state index is -0.753. The smallest absolute Gasteiger partial charge is 0.336 e. The van der Waals surface area contributed by atoms with E-state index in [4.69, 9.17) is 23.9 Å². The summed E-state index contributed by atoms with van der Waals surface area (Å²) in [6, 6.07) is 19.3. The van der Waals surface area contributed by atoms with Crippen molar-refractivity contribution in [1.82, 2.24) is 9.66 Å². The third-order valence-electron chi connectivity index (χ3n) is 6.72. The maximum atomic E-state index is 13.8. The maximum absolute atomic E-state index is 13.8. The van der Waals surface area contributed by atoms with Crippen LogP contribution < -0.4 is 24.5 Å². The van der Waals surface area contributed by atoms with Crippen LogP contribution >= 0.6 is 31.9 Å². The van der Waals surface area contributed by atoms with Crippen molar-refractivity contribution in [3.63, 3.8) is 0 Å². The molecule has 1 aromatic heterocycles. The Bertz CT molecular complexity index is 2120. The highest BCUT2D eigenvalue weighted by Gasteiger charge is 2.20. The van der Waals surface area contributed by atoms with Crippen LogP contribution in [0.15, 0.2) is 97.7 Å². The lowest BCUT2D eigenvalue weighted by Crippen LogP contribution is -2.20. The molecule has 0 aliphatic rings. The molecule has 0 amide bonds. The third-order valence-corrected chi connectivity index (χ3v) is 7.77. The Morgan fingerprint density at radius 2 is 1.66 bits per heavy atom. The van der Waals surface area contributed by atoms with E-state index in [1.807, 2.05) is 0 Å². The van der Waals surface area contributed by atoms with Gasteiger partial charge >= 0.3 is 5.97 Å². The van der Waals surface area contributed by atoms with Gasteiger partial charge in [-0.15, -0.1) is 0 Å². The van der Waals surface area contributed by atoms with Gasteiger partial charge in [-0.3, -0.25) is 14.9 Å². The van der Waals surface area contributed by atoms with E-state index in [9.17, 15) is 19.7 Å². The van der Waals surface area contributed by atoms with Gasteiger partial charge in [-0.05, 0) is 64.0 Å². The Hall–Kier alpha value is -5.34. The molecule has 0 saturated heterocycles. The molecule has 5 aromatic rings. The number of benzene rings is 4. The number of hydrogen-bond donors (Lipinski definition) is 0. The van der Waals surface area contributed by atoms with Gasteiger partial charge in [0.1, 0.15) is 0 Å². The molecule has 0 saturated carbocycles. The molecule has 0 bridgehead atoms. The SMILES string of the molecule is COc1cc(-c2nc3ccccc3c(=O)n2N=Cc2cc(Br)cc(Br)c2OC(=O)/C=C/c2cccc([N+](=O)[O-])c2)cc(OC)c1OC. The fourth-order valence-corrected chi connectivity index (χ4v) is 5.91. The monoisotopic (exact) mass is 762 g/mol. The first-order chi connectivity index (χ1) is 22.6. The van der Waals surface area contributed by atoms with Gasteiger partial charge in [0.05, 0.1) is 47.8 Å². The Kier molecular flexibility index (Phi) is 10.1. The number of carbonyl (C=O) groups excluding carboxylic acids is 1. The zero-order valence-electron chi connectivity index (χ0n) is 25.0. The van der Waals surface area contributed by atoms with Crippen molar-refractivity contribution in [2.75, 3.05) is 21.3 Å². The first kappa shape index (κ1) is 33.0. The molecule has 5 rings (SSSR count). The van der Waals surface area contributed by atoms with Crippen LogP contribution in [0.5, 0.6) is 23.0 Å². The summed E-state index contributed by atoms with van der Waals surface area (Å²) in [5.41, 5.74) is 1.10. The topological polar surface area (TPSA) is 144 Å². The van der Waals surface area contributed by atoms with Crippen LogP contribution in [-0.4, -0.2) is 48.1 Å². The average molecular weight is 764 g/mol.